The van der Waals surface area contributed by atoms with Crippen LogP contribution in [0.1, 0.15) is 12.8 Å². The van der Waals surface area contributed by atoms with Crippen LogP contribution in [0.4, 0.5) is 0 Å². The van der Waals surface area contributed by atoms with E-state index < -0.39 is 11.9 Å². The molecule has 1 aliphatic heterocycles. The lowest BCUT2D eigenvalue weighted by atomic mass is 9.95. The van der Waals surface area contributed by atoms with Crippen LogP contribution in [0.25, 0.3) is 0 Å². The number of hydrogen-bond donors (Lipinski definition) is 1. The number of aliphatic carboxylic acids is 1. The van der Waals surface area contributed by atoms with E-state index in [9.17, 15) is 4.79 Å². The Hall–Kier alpha value is -0.610. The average molecular weight is 174 g/mol. The smallest absolute Gasteiger partial charge is 0.309 e. The molecule has 0 spiro atoms. The predicted molar refractivity (Wildman–Crippen MR) is 42.0 cm³/mol. The summed E-state index contributed by atoms with van der Waals surface area (Å²) in [5, 5.41) is 8.80. The molecule has 1 saturated heterocycles. The summed E-state index contributed by atoms with van der Waals surface area (Å²) in [6.45, 7) is 1.02. The Bertz CT molecular complexity index is 155. The number of hydrogen-bond acceptors (Lipinski definition) is 3. The number of carboxylic acid groups (broad SMARTS) is 1. The van der Waals surface area contributed by atoms with E-state index in [4.69, 9.17) is 14.6 Å². The molecule has 1 aliphatic rings. The molecule has 4 nitrogen and oxygen atoms in total. The van der Waals surface area contributed by atoms with Crippen molar-refractivity contribution in [2.45, 2.75) is 18.9 Å². The molecule has 1 heterocycles. The molecular weight excluding hydrogens is 160 g/mol. The second-order valence-electron chi connectivity index (χ2n) is 2.95. The maximum absolute atomic E-state index is 10.7. The second kappa shape index (κ2) is 4.42. The van der Waals surface area contributed by atoms with Gasteiger partial charge in [0.25, 0.3) is 0 Å². The molecule has 0 saturated carbocycles. The minimum atomic E-state index is -0.781. The van der Waals surface area contributed by atoms with Crippen molar-refractivity contribution in [3.05, 3.63) is 0 Å². The van der Waals surface area contributed by atoms with Gasteiger partial charge in [-0.25, -0.2) is 0 Å². The largest absolute Gasteiger partial charge is 0.481 e. The Balaban J connectivity index is 2.48. The number of rotatable bonds is 3. The summed E-state index contributed by atoms with van der Waals surface area (Å²) >= 11 is 0. The van der Waals surface area contributed by atoms with Crippen LogP contribution in [-0.4, -0.2) is 37.5 Å². The monoisotopic (exact) mass is 174 g/mol. The highest BCUT2D eigenvalue weighted by molar-refractivity contribution is 5.70. The van der Waals surface area contributed by atoms with Gasteiger partial charge in [0.2, 0.25) is 0 Å². The van der Waals surface area contributed by atoms with Crippen molar-refractivity contribution in [2.24, 2.45) is 5.92 Å². The maximum Gasteiger partial charge on any atom is 0.309 e. The Morgan fingerprint density at radius 1 is 1.75 bits per heavy atom. The number of ether oxygens (including phenoxy) is 2. The summed E-state index contributed by atoms with van der Waals surface area (Å²) in [5.74, 6) is -1.17. The summed E-state index contributed by atoms with van der Waals surface area (Å²) in [4.78, 5) is 10.7. The molecule has 2 unspecified atom stereocenters. The highest BCUT2D eigenvalue weighted by Gasteiger charge is 2.31. The van der Waals surface area contributed by atoms with Crippen molar-refractivity contribution in [3.63, 3.8) is 0 Å². The minimum absolute atomic E-state index is 0.263. The van der Waals surface area contributed by atoms with Crippen LogP contribution >= 0.6 is 0 Å². The molecule has 1 fully saturated rings. The third-order valence-corrected chi connectivity index (χ3v) is 2.09. The molecule has 0 bridgehead atoms. The van der Waals surface area contributed by atoms with Gasteiger partial charge in [0.1, 0.15) is 0 Å². The standard InChI is InChI=1S/C8H14O4/c1-11-5-7-6(8(9)10)3-2-4-12-7/h6-7H,2-5H2,1H3,(H,9,10). The molecule has 0 radical (unpaired) electrons. The van der Waals surface area contributed by atoms with E-state index in [1.807, 2.05) is 0 Å². The lowest BCUT2D eigenvalue weighted by Crippen LogP contribution is -2.37. The third-order valence-electron chi connectivity index (χ3n) is 2.09. The first-order valence-corrected chi connectivity index (χ1v) is 4.09. The summed E-state index contributed by atoms with van der Waals surface area (Å²) in [6.07, 6.45) is 1.27. The van der Waals surface area contributed by atoms with Gasteiger partial charge in [-0.1, -0.05) is 0 Å². The first-order valence-electron chi connectivity index (χ1n) is 4.09. The van der Waals surface area contributed by atoms with Crippen LogP contribution < -0.4 is 0 Å². The van der Waals surface area contributed by atoms with Gasteiger partial charge < -0.3 is 14.6 Å². The molecule has 0 aliphatic carbocycles. The van der Waals surface area contributed by atoms with Crippen molar-refractivity contribution in [2.75, 3.05) is 20.3 Å². The number of carboxylic acids is 1. The lowest BCUT2D eigenvalue weighted by molar-refractivity contribution is -0.154. The van der Waals surface area contributed by atoms with E-state index in [1.165, 1.54) is 0 Å². The van der Waals surface area contributed by atoms with Crippen molar-refractivity contribution in [3.8, 4) is 0 Å². The van der Waals surface area contributed by atoms with Gasteiger partial charge in [0, 0.05) is 13.7 Å². The normalized spacial score (nSPS) is 30.1. The SMILES string of the molecule is COCC1OCCCC1C(=O)O. The first-order chi connectivity index (χ1) is 5.75. The maximum atomic E-state index is 10.7. The van der Waals surface area contributed by atoms with E-state index in [2.05, 4.69) is 0 Å². The Morgan fingerprint density at radius 3 is 3.08 bits per heavy atom. The van der Waals surface area contributed by atoms with Gasteiger partial charge >= 0.3 is 5.97 Å². The second-order valence-corrected chi connectivity index (χ2v) is 2.95. The highest BCUT2D eigenvalue weighted by Crippen LogP contribution is 2.21. The fourth-order valence-corrected chi connectivity index (χ4v) is 1.45. The van der Waals surface area contributed by atoms with E-state index >= 15 is 0 Å². The van der Waals surface area contributed by atoms with Crippen LogP contribution in [0.5, 0.6) is 0 Å². The molecule has 2 atom stereocenters. The molecule has 0 aromatic heterocycles. The predicted octanol–water partition coefficient (Wildman–Crippen LogP) is 0.513. The van der Waals surface area contributed by atoms with Crippen LogP contribution in [-0.2, 0) is 14.3 Å². The zero-order chi connectivity index (χ0) is 8.97. The topological polar surface area (TPSA) is 55.8 Å². The minimum Gasteiger partial charge on any atom is -0.481 e. The average Bonchev–Trinajstić information content (AvgIpc) is 2.05. The highest BCUT2D eigenvalue weighted by atomic mass is 16.5. The quantitative estimate of drug-likeness (QED) is 0.677. The van der Waals surface area contributed by atoms with Gasteiger partial charge in [-0.05, 0) is 12.8 Å². The first kappa shape index (κ1) is 9.48. The lowest BCUT2D eigenvalue weighted by Gasteiger charge is -2.28. The Kier molecular flexibility index (Phi) is 3.49. The zero-order valence-electron chi connectivity index (χ0n) is 7.16. The van der Waals surface area contributed by atoms with Crippen LogP contribution in [0, 0.1) is 5.92 Å². The molecule has 0 aromatic rings. The molecule has 70 valence electrons. The molecule has 4 heteroatoms. The van der Waals surface area contributed by atoms with Crippen LogP contribution in [0.3, 0.4) is 0 Å². The number of carbonyl (C=O) groups is 1. The summed E-state index contributed by atoms with van der Waals surface area (Å²) in [7, 11) is 1.55. The third kappa shape index (κ3) is 2.19. The van der Waals surface area contributed by atoms with Gasteiger partial charge in [0.05, 0.1) is 18.6 Å². The van der Waals surface area contributed by atoms with Crippen molar-refractivity contribution < 1.29 is 19.4 Å². The fraction of sp³-hybridized carbons (Fsp3) is 0.875. The Morgan fingerprint density at radius 2 is 2.50 bits per heavy atom. The van der Waals surface area contributed by atoms with E-state index in [1.54, 1.807) is 7.11 Å². The molecule has 0 amide bonds. The van der Waals surface area contributed by atoms with Crippen molar-refractivity contribution >= 4 is 5.97 Å². The number of methoxy groups -OCH3 is 1. The Labute approximate surface area is 71.5 Å². The van der Waals surface area contributed by atoms with E-state index in [0.717, 1.165) is 6.42 Å². The van der Waals surface area contributed by atoms with Crippen LogP contribution in [0.2, 0.25) is 0 Å². The van der Waals surface area contributed by atoms with Crippen LogP contribution in [0.15, 0.2) is 0 Å². The van der Waals surface area contributed by atoms with Crippen molar-refractivity contribution in [1.82, 2.24) is 0 Å². The summed E-state index contributed by atoms with van der Waals surface area (Å²) < 4.78 is 10.2. The van der Waals surface area contributed by atoms with Gasteiger partial charge in [-0.3, -0.25) is 4.79 Å². The van der Waals surface area contributed by atoms with Gasteiger partial charge in [-0.15, -0.1) is 0 Å². The van der Waals surface area contributed by atoms with E-state index in [0.29, 0.717) is 19.6 Å². The zero-order valence-corrected chi connectivity index (χ0v) is 7.16. The van der Waals surface area contributed by atoms with Crippen molar-refractivity contribution in [1.29, 1.82) is 0 Å². The fourth-order valence-electron chi connectivity index (χ4n) is 1.45. The molecular formula is C8H14O4. The molecule has 0 aromatic carbocycles. The molecule has 12 heavy (non-hydrogen) atoms. The molecule has 1 rings (SSSR count). The summed E-state index contributed by atoms with van der Waals surface area (Å²) in [5.41, 5.74) is 0. The van der Waals surface area contributed by atoms with E-state index in [-0.39, 0.29) is 6.10 Å². The summed E-state index contributed by atoms with van der Waals surface area (Å²) in [6, 6.07) is 0. The molecule has 1 N–H and O–H groups in total. The van der Waals surface area contributed by atoms with Gasteiger partial charge in [0.15, 0.2) is 0 Å². The van der Waals surface area contributed by atoms with Gasteiger partial charge in [-0.2, -0.15) is 0 Å².